The molecule has 25 heavy (non-hydrogen) atoms. The van der Waals surface area contributed by atoms with E-state index in [4.69, 9.17) is 4.74 Å². The molecule has 0 atom stereocenters. The van der Waals surface area contributed by atoms with Gasteiger partial charge in [0.15, 0.2) is 0 Å². The molecule has 0 aliphatic carbocycles. The van der Waals surface area contributed by atoms with E-state index in [0.717, 1.165) is 17.0 Å². The fourth-order valence-corrected chi connectivity index (χ4v) is 2.67. The molecule has 2 heterocycles. The molecule has 0 unspecified atom stereocenters. The number of hydrogen-bond donors (Lipinski definition) is 3. The van der Waals surface area contributed by atoms with Gasteiger partial charge in [-0.1, -0.05) is 0 Å². The summed E-state index contributed by atoms with van der Waals surface area (Å²) < 4.78 is 5.73. The maximum absolute atomic E-state index is 12.6. The molecule has 8 nitrogen and oxygen atoms in total. The molecule has 0 saturated heterocycles. The molecule has 2 aromatic rings. The van der Waals surface area contributed by atoms with Crippen molar-refractivity contribution in [1.82, 2.24) is 20.4 Å². The van der Waals surface area contributed by atoms with E-state index in [1.165, 1.54) is 0 Å². The van der Waals surface area contributed by atoms with Gasteiger partial charge in [0.1, 0.15) is 18.1 Å². The van der Waals surface area contributed by atoms with Crippen LogP contribution >= 0.6 is 0 Å². The van der Waals surface area contributed by atoms with Crippen molar-refractivity contribution < 1.29 is 14.3 Å². The summed E-state index contributed by atoms with van der Waals surface area (Å²) in [5.74, 6) is 0.567. The van der Waals surface area contributed by atoms with Crippen molar-refractivity contribution in [3.05, 3.63) is 41.2 Å². The Kier molecular flexibility index (Phi) is 4.87. The largest absolute Gasteiger partial charge is 0.491 e. The van der Waals surface area contributed by atoms with Crippen molar-refractivity contribution in [2.24, 2.45) is 0 Å². The summed E-state index contributed by atoms with van der Waals surface area (Å²) >= 11 is 0. The van der Waals surface area contributed by atoms with Crippen molar-refractivity contribution in [1.29, 1.82) is 0 Å². The third-order valence-electron chi connectivity index (χ3n) is 3.85. The number of nitrogens with zero attached hydrogens (tertiary/aromatic N) is 2. The number of ether oxygens (including phenoxy) is 1. The Bertz CT molecular complexity index is 786. The lowest BCUT2D eigenvalue weighted by atomic mass is 10.1. The lowest BCUT2D eigenvalue weighted by Gasteiger charge is -2.18. The maximum atomic E-state index is 12.6. The molecule has 1 aromatic carbocycles. The lowest BCUT2D eigenvalue weighted by molar-refractivity contribution is 0.0727. The summed E-state index contributed by atoms with van der Waals surface area (Å²) in [6, 6.07) is 6.87. The first-order chi connectivity index (χ1) is 12.1. The number of aryl methyl sites for hydroxylation is 1. The van der Waals surface area contributed by atoms with Crippen LogP contribution in [0.25, 0.3) is 0 Å². The van der Waals surface area contributed by atoms with Gasteiger partial charge in [-0.2, -0.15) is 5.10 Å². The smallest absolute Gasteiger partial charge is 0.319 e. The highest BCUT2D eigenvalue weighted by molar-refractivity contribution is 5.92. The predicted molar refractivity (Wildman–Crippen MR) is 92.7 cm³/mol. The number of anilines is 1. The van der Waals surface area contributed by atoms with Gasteiger partial charge in [0.25, 0.3) is 5.91 Å². The van der Waals surface area contributed by atoms with E-state index in [0.29, 0.717) is 37.6 Å². The van der Waals surface area contributed by atoms with E-state index in [-0.39, 0.29) is 11.9 Å². The molecule has 1 aliphatic rings. The number of benzene rings is 1. The molecule has 1 aromatic heterocycles. The molecule has 3 amide bonds. The first-order valence-corrected chi connectivity index (χ1v) is 8.18. The number of rotatable bonds is 3. The fraction of sp³-hybridized carbons (Fsp3) is 0.353. The summed E-state index contributed by atoms with van der Waals surface area (Å²) in [5.41, 5.74) is 2.71. The van der Waals surface area contributed by atoms with Crippen molar-refractivity contribution >= 4 is 17.6 Å². The topological polar surface area (TPSA) is 99.4 Å². The molecule has 1 aliphatic heterocycles. The minimum Gasteiger partial charge on any atom is -0.491 e. The van der Waals surface area contributed by atoms with Crippen LogP contribution in [0.5, 0.6) is 5.75 Å². The SMILES string of the molecule is CCNC(=O)Nc1ccc2c(c1)CN(C(=O)c1cc(C)[nH]n1)CCO2. The van der Waals surface area contributed by atoms with Crippen LogP contribution in [0.3, 0.4) is 0 Å². The van der Waals surface area contributed by atoms with E-state index in [1.54, 1.807) is 17.0 Å². The average Bonchev–Trinajstić information content (AvgIpc) is 2.90. The zero-order valence-corrected chi connectivity index (χ0v) is 14.3. The summed E-state index contributed by atoms with van der Waals surface area (Å²) in [6.07, 6.45) is 0. The van der Waals surface area contributed by atoms with Gasteiger partial charge in [-0.3, -0.25) is 9.89 Å². The van der Waals surface area contributed by atoms with Gasteiger partial charge in [-0.05, 0) is 38.1 Å². The van der Waals surface area contributed by atoms with Gasteiger partial charge in [-0.25, -0.2) is 4.79 Å². The molecule has 0 bridgehead atoms. The number of nitrogens with one attached hydrogen (secondary N) is 3. The molecule has 0 fully saturated rings. The average molecular weight is 343 g/mol. The summed E-state index contributed by atoms with van der Waals surface area (Å²) in [5, 5.41) is 12.3. The number of aromatic nitrogens is 2. The molecule has 8 heteroatoms. The van der Waals surface area contributed by atoms with E-state index in [9.17, 15) is 9.59 Å². The maximum Gasteiger partial charge on any atom is 0.319 e. The molecule has 0 saturated carbocycles. The summed E-state index contributed by atoms with van der Waals surface area (Å²) in [7, 11) is 0. The van der Waals surface area contributed by atoms with Crippen LogP contribution in [0, 0.1) is 6.92 Å². The molecule has 3 N–H and O–H groups in total. The number of amides is 3. The Morgan fingerprint density at radius 2 is 2.20 bits per heavy atom. The van der Waals surface area contributed by atoms with Crippen LogP contribution in [0.1, 0.15) is 28.7 Å². The van der Waals surface area contributed by atoms with Gasteiger partial charge in [0, 0.05) is 30.0 Å². The van der Waals surface area contributed by atoms with E-state index in [1.807, 2.05) is 26.0 Å². The highest BCUT2D eigenvalue weighted by atomic mass is 16.5. The van der Waals surface area contributed by atoms with E-state index < -0.39 is 0 Å². The number of fused-ring (bicyclic) bond motifs is 1. The van der Waals surface area contributed by atoms with Crippen molar-refractivity contribution in [2.45, 2.75) is 20.4 Å². The zero-order chi connectivity index (χ0) is 17.8. The Hall–Kier alpha value is -3.03. The second-order valence-corrected chi connectivity index (χ2v) is 5.82. The second-order valence-electron chi connectivity index (χ2n) is 5.82. The van der Waals surface area contributed by atoms with Gasteiger partial charge in [0.05, 0.1) is 6.54 Å². The van der Waals surface area contributed by atoms with Crippen LogP contribution in [-0.4, -0.2) is 46.7 Å². The molecular formula is C17H21N5O3. The van der Waals surface area contributed by atoms with E-state index in [2.05, 4.69) is 20.8 Å². The zero-order valence-electron chi connectivity index (χ0n) is 14.3. The van der Waals surface area contributed by atoms with Crippen molar-refractivity contribution in [3.63, 3.8) is 0 Å². The van der Waals surface area contributed by atoms with Gasteiger partial charge >= 0.3 is 6.03 Å². The number of H-pyrrole nitrogens is 1. The summed E-state index contributed by atoms with van der Waals surface area (Å²) in [6.45, 7) is 5.52. The Morgan fingerprint density at radius 3 is 2.92 bits per heavy atom. The van der Waals surface area contributed by atoms with Crippen LogP contribution in [0.2, 0.25) is 0 Å². The molecule has 3 rings (SSSR count). The molecule has 0 radical (unpaired) electrons. The molecule has 132 valence electrons. The van der Waals surface area contributed by atoms with Crippen LogP contribution < -0.4 is 15.4 Å². The standard InChI is InChI=1S/C17H21N5O3/c1-3-18-17(24)19-13-4-5-15-12(9-13)10-22(6-7-25-15)16(23)14-8-11(2)20-21-14/h4-5,8-9H,3,6-7,10H2,1-2H3,(H,20,21)(H2,18,19,24). The van der Waals surface area contributed by atoms with Crippen molar-refractivity contribution in [3.8, 4) is 5.75 Å². The highest BCUT2D eigenvalue weighted by Crippen LogP contribution is 2.27. The number of aromatic amines is 1. The Balaban J connectivity index is 1.78. The van der Waals surface area contributed by atoms with Gasteiger partial charge < -0.3 is 20.3 Å². The normalized spacial score (nSPS) is 13.4. The van der Waals surface area contributed by atoms with Crippen molar-refractivity contribution in [2.75, 3.05) is 25.0 Å². The minimum absolute atomic E-state index is 0.150. The van der Waals surface area contributed by atoms with Crippen LogP contribution in [0.4, 0.5) is 10.5 Å². The Labute approximate surface area is 145 Å². The number of carbonyl (C=O) groups is 2. The monoisotopic (exact) mass is 343 g/mol. The summed E-state index contributed by atoms with van der Waals surface area (Å²) in [4.78, 5) is 26.0. The van der Waals surface area contributed by atoms with Gasteiger partial charge in [-0.15, -0.1) is 0 Å². The Morgan fingerprint density at radius 1 is 1.36 bits per heavy atom. The van der Waals surface area contributed by atoms with E-state index >= 15 is 0 Å². The minimum atomic E-state index is -0.267. The highest BCUT2D eigenvalue weighted by Gasteiger charge is 2.23. The molecular weight excluding hydrogens is 322 g/mol. The van der Waals surface area contributed by atoms with Gasteiger partial charge in [0.2, 0.25) is 0 Å². The molecule has 0 spiro atoms. The number of urea groups is 1. The first-order valence-electron chi connectivity index (χ1n) is 8.18. The third kappa shape index (κ3) is 3.90. The predicted octanol–water partition coefficient (Wildman–Crippen LogP) is 1.89. The number of carbonyl (C=O) groups excluding carboxylic acids is 2. The first kappa shape index (κ1) is 16.8. The van der Waals surface area contributed by atoms with Crippen LogP contribution in [-0.2, 0) is 6.54 Å². The quantitative estimate of drug-likeness (QED) is 0.792. The van der Waals surface area contributed by atoms with Crippen LogP contribution in [0.15, 0.2) is 24.3 Å². The second kappa shape index (κ2) is 7.25. The third-order valence-corrected chi connectivity index (χ3v) is 3.85. The number of hydrogen-bond acceptors (Lipinski definition) is 4. The lowest BCUT2D eigenvalue weighted by Crippen LogP contribution is -2.32. The fourth-order valence-electron chi connectivity index (χ4n) is 2.67.